The predicted octanol–water partition coefficient (Wildman–Crippen LogP) is 2.61. The Morgan fingerprint density at radius 1 is 0.913 bits per heavy atom. The van der Waals surface area contributed by atoms with E-state index in [1.54, 1.807) is 54.6 Å². The van der Waals surface area contributed by atoms with E-state index in [-0.39, 0.29) is 24.8 Å². The van der Waals surface area contributed by atoms with Gasteiger partial charge in [0, 0.05) is 15.6 Å². The zero-order valence-corrected chi connectivity index (χ0v) is 13.7. The summed E-state index contributed by atoms with van der Waals surface area (Å²) in [7, 11) is 0. The Morgan fingerprint density at radius 3 is 2.22 bits per heavy atom. The first-order valence-electron chi connectivity index (χ1n) is 6.84. The summed E-state index contributed by atoms with van der Waals surface area (Å²) in [5.41, 5.74) is 0.903. The summed E-state index contributed by atoms with van der Waals surface area (Å²) >= 11 is 3.27. The fourth-order valence-electron chi connectivity index (χ4n) is 1.76. The Bertz CT molecular complexity index is 698. The van der Waals surface area contributed by atoms with Gasteiger partial charge in [-0.05, 0) is 24.3 Å². The molecule has 118 valence electrons. The topological polar surface area (TPSA) is 72.5 Å². The highest BCUT2D eigenvalue weighted by molar-refractivity contribution is 9.10. The van der Waals surface area contributed by atoms with E-state index < -0.39 is 5.97 Å². The van der Waals surface area contributed by atoms with Crippen LogP contribution in [0.3, 0.4) is 0 Å². The van der Waals surface area contributed by atoms with E-state index in [1.807, 2.05) is 0 Å². The van der Waals surface area contributed by atoms with Gasteiger partial charge >= 0.3 is 5.97 Å². The number of benzene rings is 2. The molecule has 2 aromatic carbocycles. The van der Waals surface area contributed by atoms with Gasteiger partial charge in [-0.1, -0.05) is 46.3 Å². The van der Waals surface area contributed by atoms with Crippen LogP contribution in [0.1, 0.15) is 20.7 Å². The van der Waals surface area contributed by atoms with Crippen molar-refractivity contribution in [1.29, 1.82) is 0 Å². The number of halogens is 1. The van der Waals surface area contributed by atoms with Gasteiger partial charge in [0.1, 0.15) is 6.54 Å². The lowest BCUT2D eigenvalue weighted by atomic mass is 10.1. The highest BCUT2D eigenvalue weighted by Gasteiger charge is 2.11. The molecule has 0 aromatic heterocycles. The van der Waals surface area contributed by atoms with Crippen molar-refractivity contribution in [2.45, 2.75) is 0 Å². The van der Waals surface area contributed by atoms with E-state index in [0.717, 1.165) is 4.47 Å². The summed E-state index contributed by atoms with van der Waals surface area (Å²) in [5, 5.41) is 2.44. The highest BCUT2D eigenvalue weighted by Crippen LogP contribution is 2.11. The molecule has 0 bridgehead atoms. The van der Waals surface area contributed by atoms with Gasteiger partial charge in [0.25, 0.3) is 5.91 Å². The summed E-state index contributed by atoms with van der Waals surface area (Å²) in [6, 6.07) is 15.3. The molecule has 1 N–H and O–H groups in total. The maximum Gasteiger partial charge on any atom is 0.325 e. The number of ketones is 1. The monoisotopic (exact) mass is 375 g/mol. The smallest absolute Gasteiger partial charge is 0.325 e. The van der Waals surface area contributed by atoms with Crippen LogP contribution in [0.5, 0.6) is 0 Å². The average Bonchev–Trinajstić information content (AvgIpc) is 2.59. The van der Waals surface area contributed by atoms with Crippen molar-refractivity contribution >= 4 is 33.6 Å². The normalized spacial score (nSPS) is 9.96. The van der Waals surface area contributed by atoms with E-state index in [2.05, 4.69) is 21.2 Å². The molecule has 0 saturated carbocycles. The molecule has 2 aromatic rings. The first-order chi connectivity index (χ1) is 11.1. The van der Waals surface area contributed by atoms with Crippen LogP contribution in [-0.2, 0) is 9.53 Å². The molecule has 0 heterocycles. The molecule has 0 aliphatic heterocycles. The fraction of sp³-hybridized carbons (Fsp3) is 0.118. The van der Waals surface area contributed by atoms with Crippen LogP contribution < -0.4 is 5.32 Å². The van der Waals surface area contributed by atoms with E-state index in [9.17, 15) is 14.4 Å². The van der Waals surface area contributed by atoms with Crippen LogP contribution >= 0.6 is 15.9 Å². The van der Waals surface area contributed by atoms with E-state index in [1.165, 1.54) is 0 Å². The minimum Gasteiger partial charge on any atom is -0.456 e. The van der Waals surface area contributed by atoms with Gasteiger partial charge in [-0.3, -0.25) is 14.4 Å². The van der Waals surface area contributed by atoms with Crippen LogP contribution in [0.15, 0.2) is 59.1 Å². The predicted molar refractivity (Wildman–Crippen MR) is 88.2 cm³/mol. The highest BCUT2D eigenvalue weighted by atomic mass is 79.9. The Hall–Kier alpha value is -2.47. The molecule has 0 unspecified atom stereocenters. The number of rotatable bonds is 6. The second-order valence-corrected chi connectivity index (χ2v) is 5.56. The first-order valence-corrected chi connectivity index (χ1v) is 7.63. The summed E-state index contributed by atoms with van der Waals surface area (Å²) in [6.07, 6.45) is 0. The average molecular weight is 376 g/mol. The number of carbonyl (C=O) groups is 3. The van der Waals surface area contributed by atoms with Gasteiger partial charge < -0.3 is 10.1 Å². The second-order valence-electron chi connectivity index (χ2n) is 4.64. The fourth-order valence-corrected chi connectivity index (χ4v) is 2.02. The third-order valence-corrected chi connectivity index (χ3v) is 3.49. The number of Topliss-reactive ketones (excluding diaryl/α,β-unsaturated/α-hetero) is 1. The maximum absolute atomic E-state index is 11.8. The van der Waals surface area contributed by atoms with Crippen molar-refractivity contribution in [2.75, 3.05) is 13.2 Å². The third kappa shape index (κ3) is 5.34. The second kappa shape index (κ2) is 8.24. The molecule has 5 nitrogen and oxygen atoms in total. The van der Waals surface area contributed by atoms with Crippen LogP contribution in [0.25, 0.3) is 0 Å². The minimum absolute atomic E-state index is 0.290. The molecule has 0 atom stereocenters. The van der Waals surface area contributed by atoms with Gasteiger partial charge in [0.2, 0.25) is 0 Å². The summed E-state index contributed by atoms with van der Waals surface area (Å²) in [4.78, 5) is 35.2. The van der Waals surface area contributed by atoms with Crippen LogP contribution in [0.2, 0.25) is 0 Å². The lowest BCUT2D eigenvalue weighted by Crippen LogP contribution is -2.31. The number of carbonyl (C=O) groups excluding carboxylic acids is 3. The van der Waals surface area contributed by atoms with Gasteiger partial charge in [0.05, 0.1) is 0 Å². The van der Waals surface area contributed by atoms with E-state index in [0.29, 0.717) is 11.1 Å². The molecule has 23 heavy (non-hydrogen) atoms. The Kier molecular flexibility index (Phi) is 6.05. The molecule has 0 aliphatic carbocycles. The zero-order valence-electron chi connectivity index (χ0n) is 12.1. The number of hydrogen-bond acceptors (Lipinski definition) is 4. The number of esters is 1. The zero-order chi connectivity index (χ0) is 16.7. The molecule has 0 spiro atoms. The molecule has 0 radical (unpaired) electrons. The van der Waals surface area contributed by atoms with Crippen molar-refractivity contribution in [1.82, 2.24) is 5.32 Å². The molecule has 6 heteroatoms. The molecule has 1 amide bonds. The minimum atomic E-state index is -0.667. The van der Waals surface area contributed by atoms with Crippen molar-refractivity contribution in [3.63, 3.8) is 0 Å². The lowest BCUT2D eigenvalue weighted by molar-refractivity contribution is -0.141. The van der Waals surface area contributed by atoms with Crippen molar-refractivity contribution in [2.24, 2.45) is 0 Å². The number of ether oxygens (including phenoxy) is 1. The van der Waals surface area contributed by atoms with Gasteiger partial charge in [0.15, 0.2) is 12.4 Å². The van der Waals surface area contributed by atoms with Crippen LogP contribution in [-0.4, -0.2) is 30.8 Å². The van der Waals surface area contributed by atoms with Gasteiger partial charge in [-0.25, -0.2) is 0 Å². The van der Waals surface area contributed by atoms with Crippen molar-refractivity contribution in [3.8, 4) is 0 Å². The Labute approximate surface area is 141 Å². The molecule has 0 fully saturated rings. The molecule has 2 rings (SSSR count). The summed E-state index contributed by atoms with van der Waals surface area (Å²) < 4.78 is 5.72. The van der Waals surface area contributed by atoms with Gasteiger partial charge in [-0.2, -0.15) is 0 Å². The van der Waals surface area contributed by atoms with Gasteiger partial charge in [-0.15, -0.1) is 0 Å². The molecular weight excluding hydrogens is 362 g/mol. The number of nitrogens with one attached hydrogen (secondary N) is 1. The summed E-state index contributed by atoms with van der Waals surface area (Å²) in [6.45, 7) is -0.650. The summed E-state index contributed by atoms with van der Waals surface area (Å²) in [5.74, 6) is -1.35. The third-order valence-electron chi connectivity index (χ3n) is 2.96. The van der Waals surface area contributed by atoms with Crippen LogP contribution in [0.4, 0.5) is 0 Å². The van der Waals surface area contributed by atoms with E-state index in [4.69, 9.17) is 4.74 Å². The maximum atomic E-state index is 11.8. The SMILES string of the molecule is O=C(CNC(=O)c1ccccc1)OCC(=O)c1ccc(Br)cc1. The van der Waals surface area contributed by atoms with Crippen molar-refractivity contribution < 1.29 is 19.1 Å². The molecule has 0 saturated heterocycles. The first kappa shape index (κ1) is 16.9. The Morgan fingerprint density at radius 2 is 1.57 bits per heavy atom. The van der Waals surface area contributed by atoms with Crippen LogP contribution in [0, 0.1) is 0 Å². The lowest BCUT2D eigenvalue weighted by Gasteiger charge is -2.06. The molecule has 0 aliphatic rings. The molecular formula is C17H14BrNO4. The Balaban J connectivity index is 1.76. The number of hydrogen-bond donors (Lipinski definition) is 1. The number of amides is 1. The quantitative estimate of drug-likeness (QED) is 0.622. The standard InChI is InChI=1S/C17H14BrNO4/c18-14-8-6-12(7-9-14)15(20)11-23-16(21)10-19-17(22)13-4-2-1-3-5-13/h1-9H,10-11H2,(H,19,22). The van der Waals surface area contributed by atoms with Crippen molar-refractivity contribution in [3.05, 3.63) is 70.2 Å². The largest absolute Gasteiger partial charge is 0.456 e. The van der Waals surface area contributed by atoms with E-state index >= 15 is 0 Å².